The number of carbonyl (C=O) groups is 1. The zero-order chi connectivity index (χ0) is 19.5. The number of rotatable bonds is 11. The number of carboxylic acids is 1. The normalized spacial score (nSPS) is 10.1. The Labute approximate surface area is 162 Å². The van der Waals surface area contributed by atoms with Crippen molar-refractivity contribution in [2.24, 2.45) is 5.11 Å². The van der Waals surface area contributed by atoms with Crippen LogP contribution < -0.4 is 13.9 Å². The van der Waals surface area contributed by atoms with Gasteiger partial charge in [0.1, 0.15) is 0 Å². The van der Waals surface area contributed by atoms with Gasteiger partial charge in [0.05, 0.1) is 0 Å². The minimum absolute atomic E-state index is 0.0493. The van der Waals surface area contributed by atoms with Crippen LogP contribution in [0.25, 0.3) is 10.4 Å². The Bertz CT molecular complexity index is 810. The molecule has 8 nitrogen and oxygen atoms in total. The molecule has 9 heteroatoms. The van der Waals surface area contributed by atoms with Crippen molar-refractivity contribution >= 4 is 25.4 Å². The Morgan fingerprint density at radius 2 is 2.04 bits per heavy atom. The molecule has 0 saturated carbocycles. The van der Waals surface area contributed by atoms with Gasteiger partial charge in [-0.3, -0.25) is 0 Å². The van der Waals surface area contributed by atoms with Gasteiger partial charge in [0.2, 0.25) is 0 Å². The SMILES string of the molecule is COCOc1cc(OCCN=[N+]=[N-])cc(C[Se]c2ccccc2)c1C(=O)O. The first-order valence-corrected chi connectivity index (χ1v) is 10.1. The van der Waals surface area contributed by atoms with E-state index in [-0.39, 0.29) is 46.2 Å². The number of benzene rings is 2. The van der Waals surface area contributed by atoms with Crippen LogP contribution in [-0.2, 0) is 10.1 Å². The summed E-state index contributed by atoms with van der Waals surface area (Å²) in [5.41, 5.74) is 9.06. The predicted octanol–water partition coefficient (Wildman–Crippen LogP) is 2.59. The molecule has 2 aromatic carbocycles. The van der Waals surface area contributed by atoms with E-state index in [1.807, 2.05) is 30.3 Å². The molecule has 0 amide bonds. The van der Waals surface area contributed by atoms with Crippen molar-refractivity contribution in [2.75, 3.05) is 27.1 Å². The molecule has 142 valence electrons. The van der Waals surface area contributed by atoms with Gasteiger partial charge in [0.15, 0.2) is 0 Å². The first-order valence-electron chi connectivity index (χ1n) is 7.99. The van der Waals surface area contributed by atoms with Crippen LogP contribution in [0.4, 0.5) is 0 Å². The Morgan fingerprint density at radius 1 is 1.26 bits per heavy atom. The van der Waals surface area contributed by atoms with E-state index in [0.717, 1.165) is 4.46 Å². The Balaban J connectivity index is 2.30. The molecule has 0 aliphatic rings. The molecule has 0 bridgehead atoms. The number of aromatic carboxylic acids is 1. The van der Waals surface area contributed by atoms with Crippen molar-refractivity contribution in [2.45, 2.75) is 5.32 Å². The average Bonchev–Trinajstić information content (AvgIpc) is 2.68. The Kier molecular flexibility index (Phi) is 8.48. The summed E-state index contributed by atoms with van der Waals surface area (Å²) < 4.78 is 17.1. The molecule has 0 heterocycles. The molecule has 0 unspecified atom stereocenters. The second-order valence-electron chi connectivity index (χ2n) is 5.22. The molecule has 0 aliphatic carbocycles. The minimum atomic E-state index is -1.07. The molecule has 2 rings (SSSR count). The summed E-state index contributed by atoms with van der Waals surface area (Å²) >= 11 is 0.0493. The van der Waals surface area contributed by atoms with E-state index in [0.29, 0.717) is 16.6 Å². The number of methoxy groups -OCH3 is 1. The van der Waals surface area contributed by atoms with Crippen LogP contribution >= 0.6 is 0 Å². The first-order chi connectivity index (χ1) is 13.2. The van der Waals surface area contributed by atoms with Crippen molar-refractivity contribution in [3.05, 3.63) is 64.0 Å². The van der Waals surface area contributed by atoms with E-state index in [9.17, 15) is 9.90 Å². The molecule has 0 radical (unpaired) electrons. The summed E-state index contributed by atoms with van der Waals surface area (Å²) in [6.45, 7) is 0.282. The van der Waals surface area contributed by atoms with Crippen LogP contribution in [0.3, 0.4) is 0 Å². The zero-order valence-corrected chi connectivity index (χ0v) is 16.4. The maximum absolute atomic E-state index is 11.8. The monoisotopic (exact) mass is 437 g/mol. The van der Waals surface area contributed by atoms with E-state index in [1.54, 1.807) is 6.07 Å². The van der Waals surface area contributed by atoms with Crippen LogP contribution in [-0.4, -0.2) is 53.1 Å². The van der Waals surface area contributed by atoms with Gasteiger partial charge < -0.3 is 0 Å². The first kappa shape index (κ1) is 20.6. The van der Waals surface area contributed by atoms with E-state index in [2.05, 4.69) is 10.0 Å². The Morgan fingerprint density at radius 3 is 2.70 bits per heavy atom. The maximum atomic E-state index is 11.8. The molecule has 2 aromatic rings. The molecule has 0 saturated heterocycles. The van der Waals surface area contributed by atoms with Gasteiger partial charge in [0, 0.05) is 0 Å². The number of nitrogens with zero attached hydrogens (tertiary/aromatic N) is 3. The van der Waals surface area contributed by atoms with Crippen LogP contribution in [0.15, 0.2) is 47.6 Å². The number of carboxylic acid groups (broad SMARTS) is 1. The molecule has 0 atom stereocenters. The van der Waals surface area contributed by atoms with Crippen molar-refractivity contribution in [1.29, 1.82) is 0 Å². The van der Waals surface area contributed by atoms with Crippen molar-refractivity contribution in [3.63, 3.8) is 0 Å². The number of azide groups is 1. The van der Waals surface area contributed by atoms with Gasteiger partial charge in [0.25, 0.3) is 0 Å². The number of ether oxygens (including phenoxy) is 3. The summed E-state index contributed by atoms with van der Waals surface area (Å²) in [7, 11) is 1.46. The van der Waals surface area contributed by atoms with Crippen LogP contribution in [0.1, 0.15) is 15.9 Å². The molecule has 27 heavy (non-hydrogen) atoms. The van der Waals surface area contributed by atoms with Gasteiger partial charge in [-0.15, -0.1) is 0 Å². The van der Waals surface area contributed by atoms with E-state index >= 15 is 0 Å². The standard InChI is InChI=1S/C18H19N3O5Se/c1-24-12-26-16-10-14(25-8-7-20-21-19)9-13(17(16)18(22)23)11-27-15-5-3-2-4-6-15/h2-6,9-10H,7-8,11-12H2,1H3,(H,22,23). The van der Waals surface area contributed by atoms with Crippen LogP contribution in [0.5, 0.6) is 11.5 Å². The summed E-state index contributed by atoms with van der Waals surface area (Å²) in [5.74, 6) is -0.428. The third-order valence-electron chi connectivity index (χ3n) is 3.36. The third kappa shape index (κ3) is 6.51. The fourth-order valence-corrected chi connectivity index (χ4v) is 4.14. The van der Waals surface area contributed by atoms with Crippen LogP contribution in [0, 0.1) is 0 Å². The van der Waals surface area contributed by atoms with Crippen molar-refractivity contribution in [1.82, 2.24) is 0 Å². The fourth-order valence-electron chi connectivity index (χ4n) is 2.25. The molecule has 0 fully saturated rings. The fraction of sp³-hybridized carbons (Fsp3) is 0.278. The molecular formula is C18H19N3O5Se. The second kappa shape index (κ2) is 11.1. The zero-order valence-electron chi connectivity index (χ0n) is 14.7. The topological polar surface area (TPSA) is 114 Å². The van der Waals surface area contributed by atoms with Gasteiger partial charge >= 0.3 is 163 Å². The average molecular weight is 436 g/mol. The summed E-state index contributed by atoms with van der Waals surface area (Å²) in [5, 5.41) is 13.7. The van der Waals surface area contributed by atoms with Crippen LogP contribution in [0.2, 0.25) is 0 Å². The predicted molar refractivity (Wildman–Crippen MR) is 101 cm³/mol. The van der Waals surface area contributed by atoms with E-state index in [1.165, 1.54) is 13.2 Å². The molecule has 0 spiro atoms. The van der Waals surface area contributed by atoms with Gasteiger partial charge in [-0.25, -0.2) is 0 Å². The van der Waals surface area contributed by atoms with Gasteiger partial charge in [-0.2, -0.15) is 0 Å². The summed E-state index contributed by atoms with van der Waals surface area (Å²) in [6, 6.07) is 13.1. The van der Waals surface area contributed by atoms with E-state index < -0.39 is 5.97 Å². The van der Waals surface area contributed by atoms with E-state index in [4.69, 9.17) is 19.7 Å². The summed E-state index contributed by atoms with van der Waals surface area (Å²) in [4.78, 5) is 14.5. The molecule has 0 aromatic heterocycles. The molecule has 1 N–H and O–H groups in total. The Hall–Kier alpha value is -2.70. The number of hydrogen-bond acceptors (Lipinski definition) is 5. The third-order valence-corrected chi connectivity index (χ3v) is 5.59. The molecular weight excluding hydrogens is 417 g/mol. The molecule has 0 aliphatic heterocycles. The van der Waals surface area contributed by atoms with Gasteiger partial charge in [-0.1, -0.05) is 0 Å². The quantitative estimate of drug-likeness (QED) is 0.145. The summed E-state index contributed by atoms with van der Waals surface area (Å²) in [6.07, 6.45) is 0. The number of hydrogen-bond donors (Lipinski definition) is 1. The van der Waals surface area contributed by atoms with Crippen molar-refractivity contribution in [3.8, 4) is 11.5 Å². The van der Waals surface area contributed by atoms with Gasteiger partial charge in [-0.05, 0) is 0 Å². The van der Waals surface area contributed by atoms with Crippen molar-refractivity contribution < 1.29 is 24.1 Å². The second-order valence-corrected chi connectivity index (χ2v) is 7.42.